The zero-order valence-corrected chi connectivity index (χ0v) is 10.1. The Morgan fingerprint density at radius 3 is 2.31 bits per heavy atom. The normalized spacial score (nSPS) is 34.2. The van der Waals surface area contributed by atoms with E-state index in [0.29, 0.717) is 0 Å². The van der Waals surface area contributed by atoms with Gasteiger partial charge in [-0.2, -0.15) is 0 Å². The van der Waals surface area contributed by atoms with Crippen LogP contribution >= 0.6 is 0 Å². The summed E-state index contributed by atoms with van der Waals surface area (Å²) in [7, 11) is 0. The molecule has 86 valence electrons. The number of benzene rings is 1. The molecule has 1 heteroatoms. The highest BCUT2D eigenvalue weighted by molar-refractivity contribution is 5.14. The minimum atomic E-state index is 0.980. The third-order valence-corrected chi connectivity index (χ3v) is 4.31. The Bertz CT molecular complexity index is 332. The van der Waals surface area contributed by atoms with Crippen molar-refractivity contribution in [1.82, 2.24) is 4.90 Å². The van der Waals surface area contributed by atoms with Crippen LogP contribution in [0.3, 0.4) is 0 Å². The Morgan fingerprint density at radius 1 is 1.06 bits per heavy atom. The van der Waals surface area contributed by atoms with E-state index in [1.807, 2.05) is 0 Å². The number of fused-ring (bicyclic) bond motifs is 1. The molecule has 2 unspecified atom stereocenters. The van der Waals surface area contributed by atoms with Crippen LogP contribution in [-0.2, 0) is 6.54 Å². The molecular weight excluding hydrogens is 194 g/mol. The first-order valence-electron chi connectivity index (χ1n) is 6.57. The van der Waals surface area contributed by atoms with Crippen molar-refractivity contribution in [1.29, 1.82) is 0 Å². The van der Waals surface area contributed by atoms with E-state index in [9.17, 15) is 0 Å². The van der Waals surface area contributed by atoms with Gasteiger partial charge in [0.2, 0.25) is 0 Å². The zero-order chi connectivity index (χ0) is 11.0. The van der Waals surface area contributed by atoms with Crippen LogP contribution in [0, 0.1) is 17.8 Å². The van der Waals surface area contributed by atoms with Gasteiger partial charge in [-0.05, 0) is 36.2 Å². The number of hydrogen-bond acceptors (Lipinski definition) is 1. The summed E-state index contributed by atoms with van der Waals surface area (Å²) in [6.07, 6.45) is 2.94. The van der Waals surface area contributed by atoms with E-state index in [2.05, 4.69) is 42.2 Å². The number of rotatable bonds is 2. The average Bonchev–Trinajstić information content (AvgIpc) is 2.76. The Hall–Kier alpha value is -0.820. The molecule has 1 aromatic rings. The first-order valence-corrected chi connectivity index (χ1v) is 6.57. The van der Waals surface area contributed by atoms with Crippen molar-refractivity contribution in [2.45, 2.75) is 26.3 Å². The Morgan fingerprint density at radius 2 is 1.69 bits per heavy atom. The molecule has 0 aromatic heterocycles. The maximum Gasteiger partial charge on any atom is 0.0233 e. The topological polar surface area (TPSA) is 3.24 Å². The molecule has 1 nitrogen and oxygen atoms in total. The lowest BCUT2D eigenvalue weighted by atomic mass is 10.0. The average molecular weight is 215 g/mol. The Balaban J connectivity index is 1.60. The van der Waals surface area contributed by atoms with E-state index in [4.69, 9.17) is 0 Å². The second-order valence-corrected chi connectivity index (χ2v) is 5.78. The van der Waals surface area contributed by atoms with Gasteiger partial charge in [0.05, 0.1) is 0 Å². The summed E-state index contributed by atoms with van der Waals surface area (Å²) >= 11 is 0. The van der Waals surface area contributed by atoms with Crippen molar-refractivity contribution in [2.75, 3.05) is 13.1 Å². The molecule has 1 aliphatic heterocycles. The van der Waals surface area contributed by atoms with E-state index in [1.165, 1.54) is 31.5 Å². The van der Waals surface area contributed by atoms with Gasteiger partial charge in [-0.3, -0.25) is 4.90 Å². The van der Waals surface area contributed by atoms with Gasteiger partial charge in [0.1, 0.15) is 0 Å². The summed E-state index contributed by atoms with van der Waals surface area (Å²) in [4.78, 5) is 2.65. The monoisotopic (exact) mass is 215 g/mol. The van der Waals surface area contributed by atoms with Gasteiger partial charge >= 0.3 is 0 Å². The van der Waals surface area contributed by atoms with Gasteiger partial charge in [0.25, 0.3) is 0 Å². The molecule has 1 saturated carbocycles. The number of hydrogen-bond donors (Lipinski definition) is 0. The van der Waals surface area contributed by atoms with Gasteiger partial charge in [0, 0.05) is 19.6 Å². The lowest BCUT2D eigenvalue weighted by Gasteiger charge is -2.17. The minimum absolute atomic E-state index is 0.980. The van der Waals surface area contributed by atoms with Crippen LogP contribution in [0.25, 0.3) is 0 Å². The molecule has 0 N–H and O–H groups in total. The summed E-state index contributed by atoms with van der Waals surface area (Å²) in [5.74, 6) is 2.98. The second kappa shape index (κ2) is 4.21. The first kappa shape index (κ1) is 10.3. The van der Waals surface area contributed by atoms with Crippen LogP contribution in [0.2, 0.25) is 0 Å². The van der Waals surface area contributed by atoms with Gasteiger partial charge in [-0.25, -0.2) is 0 Å². The number of likely N-dealkylation sites (tertiary alicyclic amines) is 1. The Labute approximate surface area is 98.5 Å². The Kier molecular flexibility index (Phi) is 2.72. The van der Waals surface area contributed by atoms with Crippen LogP contribution < -0.4 is 0 Å². The van der Waals surface area contributed by atoms with Gasteiger partial charge < -0.3 is 0 Å². The SMILES string of the molecule is CC1CC2CN(Cc3ccccc3)CC2C1. The van der Waals surface area contributed by atoms with Crippen molar-refractivity contribution in [3.05, 3.63) is 35.9 Å². The highest BCUT2D eigenvalue weighted by Gasteiger charge is 2.38. The van der Waals surface area contributed by atoms with Crippen LogP contribution in [0.15, 0.2) is 30.3 Å². The standard InChI is InChI=1S/C15H21N/c1-12-7-14-10-16(11-15(14)8-12)9-13-5-3-2-4-6-13/h2-6,12,14-15H,7-11H2,1H3. The first-order chi connectivity index (χ1) is 7.81. The van der Waals surface area contributed by atoms with Crippen molar-refractivity contribution in [2.24, 2.45) is 17.8 Å². The molecule has 1 aromatic carbocycles. The highest BCUT2D eigenvalue weighted by Crippen LogP contribution is 2.41. The molecule has 0 amide bonds. The van der Waals surface area contributed by atoms with Crippen LogP contribution in [0.4, 0.5) is 0 Å². The molecule has 1 heterocycles. The lowest BCUT2D eigenvalue weighted by Crippen LogP contribution is -2.21. The van der Waals surface area contributed by atoms with E-state index in [1.54, 1.807) is 0 Å². The lowest BCUT2D eigenvalue weighted by molar-refractivity contribution is 0.293. The van der Waals surface area contributed by atoms with Gasteiger partial charge in [-0.1, -0.05) is 37.3 Å². The fraction of sp³-hybridized carbons (Fsp3) is 0.600. The summed E-state index contributed by atoms with van der Waals surface area (Å²) in [5, 5.41) is 0. The summed E-state index contributed by atoms with van der Waals surface area (Å²) in [5.41, 5.74) is 1.47. The quantitative estimate of drug-likeness (QED) is 0.732. The molecule has 16 heavy (non-hydrogen) atoms. The van der Waals surface area contributed by atoms with Gasteiger partial charge in [-0.15, -0.1) is 0 Å². The summed E-state index contributed by atoms with van der Waals surface area (Å²) in [6, 6.07) is 10.9. The van der Waals surface area contributed by atoms with Crippen LogP contribution in [0.5, 0.6) is 0 Å². The summed E-state index contributed by atoms with van der Waals surface area (Å²) < 4.78 is 0. The molecule has 0 spiro atoms. The maximum atomic E-state index is 2.65. The minimum Gasteiger partial charge on any atom is -0.299 e. The molecule has 2 aliphatic rings. The molecule has 2 atom stereocenters. The van der Waals surface area contributed by atoms with E-state index in [0.717, 1.165) is 24.3 Å². The highest BCUT2D eigenvalue weighted by atomic mass is 15.2. The molecule has 2 fully saturated rings. The van der Waals surface area contributed by atoms with Crippen LogP contribution in [0.1, 0.15) is 25.3 Å². The van der Waals surface area contributed by atoms with E-state index >= 15 is 0 Å². The summed E-state index contributed by atoms with van der Waals surface area (Å²) in [6.45, 7) is 6.25. The molecular formula is C15H21N. The van der Waals surface area contributed by atoms with Crippen LogP contribution in [-0.4, -0.2) is 18.0 Å². The van der Waals surface area contributed by atoms with E-state index in [-0.39, 0.29) is 0 Å². The molecule has 3 rings (SSSR count). The smallest absolute Gasteiger partial charge is 0.0233 e. The zero-order valence-electron chi connectivity index (χ0n) is 10.1. The van der Waals surface area contributed by atoms with Crippen molar-refractivity contribution >= 4 is 0 Å². The molecule has 1 saturated heterocycles. The predicted octanol–water partition coefficient (Wildman–Crippen LogP) is 3.16. The van der Waals surface area contributed by atoms with E-state index < -0.39 is 0 Å². The third kappa shape index (κ3) is 2.01. The maximum absolute atomic E-state index is 2.65. The van der Waals surface area contributed by atoms with Crippen molar-refractivity contribution in [3.63, 3.8) is 0 Å². The predicted molar refractivity (Wildman–Crippen MR) is 67.1 cm³/mol. The fourth-order valence-electron chi connectivity index (χ4n) is 3.67. The molecule has 1 aliphatic carbocycles. The third-order valence-electron chi connectivity index (χ3n) is 4.31. The molecule has 0 radical (unpaired) electrons. The second-order valence-electron chi connectivity index (χ2n) is 5.78. The van der Waals surface area contributed by atoms with Gasteiger partial charge in [0.15, 0.2) is 0 Å². The number of nitrogens with zero attached hydrogens (tertiary/aromatic N) is 1. The molecule has 0 bridgehead atoms. The van der Waals surface area contributed by atoms with Crippen molar-refractivity contribution < 1.29 is 0 Å². The van der Waals surface area contributed by atoms with Crippen molar-refractivity contribution in [3.8, 4) is 0 Å². The fourth-order valence-corrected chi connectivity index (χ4v) is 3.67. The largest absolute Gasteiger partial charge is 0.299 e.